The Morgan fingerprint density at radius 3 is 1.60 bits per heavy atom. The van der Waals surface area contributed by atoms with Crippen LogP contribution in [0.25, 0.3) is 0 Å². The molecule has 2 atom stereocenters. The molecule has 110 valence electrons. The minimum absolute atomic E-state index is 0.520. The quantitative estimate of drug-likeness (QED) is 0.423. The minimum atomic E-state index is 0.520. The summed E-state index contributed by atoms with van der Waals surface area (Å²) in [5, 5.41) is 0. The van der Waals surface area contributed by atoms with Gasteiger partial charge in [-0.25, -0.2) is 0 Å². The van der Waals surface area contributed by atoms with Crippen LogP contribution < -0.4 is 0 Å². The average Bonchev–Trinajstić information content (AvgIpc) is 3.15. The van der Waals surface area contributed by atoms with Crippen LogP contribution in [0.3, 0.4) is 0 Å². The first-order valence-corrected chi connectivity index (χ1v) is 9.65. The number of hydrogen-bond donors (Lipinski definition) is 0. The molecule has 0 saturated heterocycles. The van der Waals surface area contributed by atoms with E-state index in [2.05, 4.69) is 26.0 Å². The van der Waals surface area contributed by atoms with Gasteiger partial charge in [-0.3, -0.25) is 0 Å². The van der Waals surface area contributed by atoms with E-state index in [1.54, 1.807) is 12.5 Å². The van der Waals surface area contributed by atoms with E-state index in [4.69, 9.17) is 8.83 Å². The number of rotatable bonds is 9. The van der Waals surface area contributed by atoms with Crippen LogP contribution in [-0.4, -0.2) is 11.5 Å². The van der Waals surface area contributed by atoms with Gasteiger partial charge in [-0.15, -0.1) is 0 Å². The van der Waals surface area contributed by atoms with Crippen molar-refractivity contribution in [3.8, 4) is 0 Å². The van der Waals surface area contributed by atoms with Crippen molar-refractivity contribution < 1.29 is 8.83 Å². The molecule has 0 radical (unpaired) electrons. The molecule has 0 bridgehead atoms. The molecule has 0 aliphatic carbocycles. The van der Waals surface area contributed by atoms with Crippen molar-refractivity contribution in [2.24, 2.45) is 0 Å². The summed E-state index contributed by atoms with van der Waals surface area (Å²) >= 11 is 0. The molecule has 0 aliphatic heterocycles. The Kier molecular flexibility index (Phi) is 6.67. The topological polar surface area (TPSA) is 26.3 Å². The van der Waals surface area contributed by atoms with Gasteiger partial charge in [0.15, 0.2) is 0 Å². The van der Waals surface area contributed by atoms with Crippen molar-refractivity contribution in [1.82, 2.24) is 0 Å². The summed E-state index contributed by atoms with van der Waals surface area (Å²) in [6.45, 7) is 4.44. The normalized spacial score (nSPS) is 14.3. The van der Waals surface area contributed by atoms with E-state index in [9.17, 15) is 0 Å². The molecule has 20 heavy (non-hydrogen) atoms. The molecule has 2 unspecified atom stereocenters. The first-order chi connectivity index (χ1) is 9.85. The van der Waals surface area contributed by atoms with Crippen LogP contribution in [0, 0.1) is 0 Å². The van der Waals surface area contributed by atoms with Gasteiger partial charge >= 0.3 is 0 Å². The van der Waals surface area contributed by atoms with Crippen molar-refractivity contribution in [2.45, 2.75) is 38.5 Å². The highest BCUT2D eigenvalue weighted by atomic mass is 33.1. The van der Waals surface area contributed by atoms with Crippen molar-refractivity contribution in [3.05, 3.63) is 48.3 Å². The standard InChI is InChI=1S/C16H22O2S2/c1-3-13(15-7-5-9-17-15)11-19-20-12-14(4-2)16-8-6-10-18-16/h5-10,13-14H,3-4,11-12H2,1-2H3. The molecule has 2 aromatic rings. The molecule has 0 aliphatic rings. The number of furan rings is 2. The van der Waals surface area contributed by atoms with Gasteiger partial charge < -0.3 is 8.83 Å². The average molecular weight is 310 g/mol. The van der Waals surface area contributed by atoms with Crippen molar-refractivity contribution in [2.75, 3.05) is 11.5 Å². The van der Waals surface area contributed by atoms with Gasteiger partial charge in [-0.1, -0.05) is 35.4 Å². The van der Waals surface area contributed by atoms with Gasteiger partial charge in [0, 0.05) is 23.3 Å². The van der Waals surface area contributed by atoms with Crippen LogP contribution in [0.15, 0.2) is 45.6 Å². The van der Waals surface area contributed by atoms with Gasteiger partial charge in [0.25, 0.3) is 0 Å². The van der Waals surface area contributed by atoms with E-state index in [-0.39, 0.29) is 0 Å². The van der Waals surface area contributed by atoms with Crippen molar-refractivity contribution in [1.29, 1.82) is 0 Å². The third kappa shape index (κ3) is 4.38. The van der Waals surface area contributed by atoms with Crippen molar-refractivity contribution in [3.63, 3.8) is 0 Å². The van der Waals surface area contributed by atoms with Gasteiger partial charge in [0.05, 0.1) is 12.5 Å². The minimum Gasteiger partial charge on any atom is -0.469 e. The first kappa shape index (κ1) is 15.6. The zero-order valence-corrected chi connectivity index (χ0v) is 13.7. The lowest BCUT2D eigenvalue weighted by Gasteiger charge is -2.13. The lowest BCUT2D eigenvalue weighted by Crippen LogP contribution is -2.00. The Labute approximate surface area is 129 Å². The van der Waals surface area contributed by atoms with Gasteiger partial charge in [0.2, 0.25) is 0 Å². The fourth-order valence-electron chi connectivity index (χ4n) is 2.11. The molecule has 2 aromatic heterocycles. The molecule has 2 rings (SSSR count). The second-order valence-electron chi connectivity index (χ2n) is 4.81. The Balaban J connectivity index is 1.72. The SMILES string of the molecule is CCC(CSSCC(CC)c1ccco1)c1ccco1. The Morgan fingerprint density at radius 2 is 1.30 bits per heavy atom. The summed E-state index contributed by atoms with van der Waals surface area (Å²) in [6.07, 6.45) is 5.77. The van der Waals surface area contributed by atoms with Gasteiger partial charge in [-0.2, -0.15) is 0 Å². The predicted octanol–water partition coefficient (Wildman–Crippen LogP) is 5.94. The maximum atomic E-state index is 5.51. The van der Waals surface area contributed by atoms with E-state index in [1.807, 2.05) is 33.7 Å². The van der Waals surface area contributed by atoms with Gasteiger partial charge in [0.1, 0.15) is 11.5 Å². The maximum Gasteiger partial charge on any atom is 0.107 e. The van der Waals surface area contributed by atoms with E-state index in [0.29, 0.717) is 11.8 Å². The van der Waals surface area contributed by atoms with Crippen LogP contribution in [-0.2, 0) is 0 Å². The monoisotopic (exact) mass is 310 g/mol. The number of hydrogen-bond acceptors (Lipinski definition) is 4. The highest BCUT2D eigenvalue weighted by molar-refractivity contribution is 8.76. The summed E-state index contributed by atoms with van der Waals surface area (Å²) in [5.74, 6) is 5.46. The second kappa shape index (κ2) is 8.53. The Morgan fingerprint density at radius 1 is 0.850 bits per heavy atom. The Bertz CT molecular complexity index is 407. The summed E-state index contributed by atoms with van der Waals surface area (Å²) < 4.78 is 11.0. The Hall–Kier alpha value is -0.740. The largest absolute Gasteiger partial charge is 0.469 e. The van der Waals surface area contributed by atoms with E-state index >= 15 is 0 Å². The first-order valence-electron chi connectivity index (χ1n) is 7.16. The third-order valence-electron chi connectivity index (χ3n) is 3.50. The summed E-state index contributed by atoms with van der Waals surface area (Å²) in [6, 6.07) is 8.10. The molecule has 4 heteroatoms. The highest BCUT2D eigenvalue weighted by Crippen LogP contribution is 2.35. The van der Waals surface area contributed by atoms with Crippen LogP contribution in [0.4, 0.5) is 0 Å². The molecule has 0 saturated carbocycles. The molecule has 0 amide bonds. The van der Waals surface area contributed by atoms with E-state index < -0.39 is 0 Å². The van der Waals surface area contributed by atoms with Crippen LogP contribution in [0.5, 0.6) is 0 Å². The van der Waals surface area contributed by atoms with Crippen molar-refractivity contribution >= 4 is 21.6 Å². The van der Waals surface area contributed by atoms with Crippen LogP contribution >= 0.6 is 21.6 Å². The molecule has 2 nitrogen and oxygen atoms in total. The predicted molar refractivity (Wildman–Crippen MR) is 88.4 cm³/mol. The lowest BCUT2D eigenvalue weighted by molar-refractivity contribution is 0.471. The van der Waals surface area contributed by atoms with E-state index in [1.165, 1.54) is 0 Å². The third-order valence-corrected chi connectivity index (χ3v) is 6.06. The molecule has 2 heterocycles. The van der Waals surface area contributed by atoms with E-state index in [0.717, 1.165) is 35.9 Å². The molecule has 0 N–H and O–H groups in total. The molecule has 0 aromatic carbocycles. The maximum absolute atomic E-state index is 5.51. The van der Waals surface area contributed by atoms with Gasteiger partial charge in [-0.05, 0) is 37.1 Å². The highest BCUT2D eigenvalue weighted by Gasteiger charge is 2.15. The molecule has 0 spiro atoms. The smallest absolute Gasteiger partial charge is 0.107 e. The lowest BCUT2D eigenvalue weighted by atomic mass is 10.1. The summed E-state index contributed by atoms with van der Waals surface area (Å²) in [4.78, 5) is 0. The fraction of sp³-hybridized carbons (Fsp3) is 0.500. The molecular weight excluding hydrogens is 288 g/mol. The fourth-order valence-corrected chi connectivity index (χ4v) is 4.99. The zero-order chi connectivity index (χ0) is 14.2. The molecular formula is C16H22O2S2. The summed E-state index contributed by atoms with van der Waals surface area (Å²) in [7, 11) is 3.88. The van der Waals surface area contributed by atoms with Crippen LogP contribution in [0.1, 0.15) is 50.0 Å². The van der Waals surface area contributed by atoms with Crippen LogP contribution in [0.2, 0.25) is 0 Å². The zero-order valence-electron chi connectivity index (χ0n) is 12.1. The second-order valence-corrected chi connectivity index (χ2v) is 7.36. The molecule has 0 fully saturated rings. The summed E-state index contributed by atoms with van der Waals surface area (Å²) in [5.41, 5.74) is 0.